The summed E-state index contributed by atoms with van der Waals surface area (Å²) in [6.45, 7) is 14.2. The van der Waals surface area contributed by atoms with Crippen molar-refractivity contribution in [3.63, 3.8) is 0 Å². The SMILES string of the molecule is CCCc1ccc(OCc2cccc(O)c2COc2ccc(CCC)c(CCC)c2CCC)c(CCC)c1CCC. The second-order valence-electron chi connectivity index (χ2n) is 11.4. The van der Waals surface area contributed by atoms with Gasteiger partial charge >= 0.3 is 0 Å². The van der Waals surface area contributed by atoms with Crippen LogP contribution in [0.1, 0.15) is 125 Å². The Bertz CT molecular complexity index is 1230. The lowest BCUT2D eigenvalue weighted by atomic mass is 9.91. The van der Waals surface area contributed by atoms with Crippen LogP contribution < -0.4 is 9.47 Å². The van der Waals surface area contributed by atoms with Gasteiger partial charge in [-0.25, -0.2) is 0 Å². The molecule has 0 heterocycles. The lowest BCUT2D eigenvalue weighted by Crippen LogP contribution is -2.09. The van der Waals surface area contributed by atoms with Gasteiger partial charge in [0.05, 0.1) is 0 Å². The minimum absolute atomic E-state index is 0.262. The summed E-state index contributed by atoms with van der Waals surface area (Å²) in [5.41, 5.74) is 10.3. The molecule has 3 heteroatoms. The lowest BCUT2D eigenvalue weighted by Gasteiger charge is -2.21. The normalized spacial score (nSPS) is 11.2. The molecule has 0 saturated heterocycles. The Labute approximate surface area is 250 Å². The highest BCUT2D eigenvalue weighted by molar-refractivity contribution is 5.48. The van der Waals surface area contributed by atoms with Crippen LogP contribution in [0.5, 0.6) is 17.2 Å². The van der Waals surface area contributed by atoms with Crippen molar-refractivity contribution in [2.24, 2.45) is 0 Å². The first-order valence-corrected chi connectivity index (χ1v) is 16.3. The molecule has 0 bridgehead atoms. The molecular weight excluding hydrogens is 504 g/mol. The maximum absolute atomic E-state index is 10.9. The molecule has 0 aliphatic rings. The molecule has 0 spiro atoms. The summed E-state index contributed by atoms with van der Waals surface area (Å²) in [4.78, 5) is 0. The van der Waals surface area contributed by atoms with Crippen LogP contribution in [-0.2, 0) is 51.7 Å². The average Bonchev–Trinajstić information content (AvgIpc) is 2.96. The van der Waals surface area contributed by atoms with Crippen molar-refractivity contribution < 1.29 is 14.6 Å². The topological polar surface area (TPSA) is 38.7 Å². The van der Waals surface area contributed by atoms with Gasteiger partial charge in [-0.1, -0.05) is 104 Å². The summed E-state index contributed by atoms with van der Waals surface area (Å²) in [5.74, 6) is 2.19. The van der Waals surface area contributed by atoms with Gasteiger partial charge in [0.1, 0.15) is 30.5 Å². The largest absolute Gasteiger partial charge is 0.508 e. The molecule has 0 aliphatic heterocycles. The number of aryl methyl sites for hydroxylation is 2. The number of phenolic OH excluding ortho intramolecular Hbond substituents is 1. The standard InChI is InChI=1S/C38H54O3/c1-7-14-28-22-24-37(33(18-11-5)31(28)16-9-3)40-26-30-20-13-21-36(39)35(30)27-41-38-25-23-29(15-8-2)32(17-10-4)34(38)19-12-6/h13,20-25,39H,7-12,14-19,26-27H2,1-6H3. The summed E-state index contributed by atoms with van der Waals surface area (Å²) in [7, 11) is 0. The Morgan fingerprint density at radius 2 is 0.878 bits per heavy atom. The van der Waals surface area contributed by atoms with Crippen molar-refractivity contribution in [2.75, 3.05) is 0 Å². The van der Waals surface area contributed by atoms with Crippen LogP contribution in [0.2, 0.25) is 0 Å². The van der Waals surface area contributed by atoms with Crippen molar-refractivity contribution in [1.29, 1.82) is 0 Å². The molecule has 224 valence electrons. The zero-order valence-electron chi connectivity index (χ0n) is 26.7. The summed E-state index contributed by atoms with van der Waals surface area (Å²) in [5, 5.41) is 10.9. The van der Waals surface area contributed by atoms with Crippen LogP contribution >= 0.6 is 0 Å². The first kappa shape index (κ1) is 32.6. The van der Waals surface area contributed by atoms with E-state index in [2.05, 4.69) is 71.9 Å². The fraction of sp³-hybridized carbons (Fsp3) is 0.526. The minimum atomic E-state index is 0.262. The summed E-state index contributed by atoms with van der Waals surface area (Å²) in [6, 6.07) is 14.5. The number of rotatable bonds is 18. The van der Waals surface area contributed by atoms with E-state index in [0.717, 1.165) is 99.7 Å². The second-order valence-corrected chi connectivity index (χ2v) is 11.4. The number of aromatic hydroxyl groups is 1. The van der Waals surface area contributed by atoms with Crippen LogP contribution in [-0.4, -0.2) is 5.11 Å². The van der Waals surface area contributed by atoms with Gasteiger partial charge in [0.15, 0.2) is 0 Å². The van der Waals surface area contributed by atoms with E-state index in [1.54, 1.807) is 6.07 Å². The van der Waals surface area contributed by atoms with Gasteiger partial charge in [-0.3, -0.25) is 0 Å². The summed E-state index contributed by atoms with van der Waals surface area (Å²) in [6.07, 6.45) is 13.1. The van der Waals surface area contributed by atoms with Crippen molar-refractivity contribution in [3.8, 4) is 17.2 Å². The number of benzene rings is 3. The fourth-order valence-corrected chi connectivity index (χ4v) is 6.12. The van der Waals surface area contributed by atoms with E-state index < -0.39 is 0 Å². The lowest BCUT2D eigenvalue weighted by molar-refractivity contribution is 0.276. The van der Waals surface area contributed by atoms with Gasteiger partial charge in [0.25, 0.3) is 0 Å². The third kappa shape index (κ3) is 8.53. The molecule has 3 aromatic carbocycles. The molecule has 1 N–H and O–H groups in total. The van der Waals surface area contributed by atoms with Gasteiger partial charge in [-0.05, 0) is 95.7 Å². The van der Waals surface area contributed by atoms with Crippen LogP contribution in [0.3, 0.4) is 0 Å². The van der Waals surface area contributed by atoms with Gasteiger partial charge in [-0.2, -0.15) is 0 Å². The third-order valence-electron chi connectivity index (χ3n) is 8.01. The van der Waals surface area contributed by atoms with E-state index in [-0.39, 0.29) is 5.75 Å². The predicted molar refractivity (Wildman–Crippen MR) is 174 cm³/mol. The van der Waals surface area contributed by atoms with E-state index in [0.29, 0.717) is 13.2 Å². The fourth-order valence-electron chi connectivity index (χ4n) is 6.12. The first-order valence-electron chi connectivity index (χ1n) is 16.3. The molecule has 0 aromatic heterocycles. The van der Waals surface area contributed by atoms with E-state index in [4.69, 9.17) is 9.47 Å². The highest BCUT2D eigenvalue weighted by Gasteiger charge is 2.17. The quantitative estimate of drug-likeness (QED) is 0.169. The molecule has 3 aromatic rings. The van der Waals surface area contributed by atoms with E-state index in [1.165, 1.54) is 33.4 Å². The first-order chi connectivity index (χ1) is 20.0. The Hall–Kier alpha value is -2.94. The number of hydrogen-bond donors (Lipinski definition) is 1. The smallest absolute Gasteiger partial charge is 0.123 e. The zero-order valence-corrected chi connectivity index (χ0v) is 26.7. The summed E-state index contributed by atoms with van der Waals surface area (Å²) >= 11 is 0. The molecule has 0 fully saturated rings. The summed E-state index contributed by atoms with van der Waals surface area (Å²) < 4.78 is 13.0. The minimum Gasteiger partial charge on any atom is -0.508 e. The second kappa shape index (κ2) is 17.1. The molecule has 0 saturated carbocycles. The Kier molecular flexibility index (Phi) is 13.6. The maximum atomic E-state index is 10.9. The van der Waals surface area contributed by atoms with Crippen molar-refractivity contribution >= 4 is 0 Å². The highest BCUT2D eigenvalue weighted by atomic mass is 16.5. The molecule has 0 amide bonds. The molecule has 0 aliphatic carbocycles. The van der Waals surface area contributed by atoms with Gasteiger partial charge in [0, 0.05) is 5.56 Å². The van der Waals surface area contributed by atoms with Gasteiger partial charge in [0.2, 0.25) is 0 Å². The van der Waals surface area contributed by atoms with Crippen LogP contribution in [0.25, 0.3) is 0 Å². The Morgan fingerprint density at radius 3 is 1.34 bits per heavy atom. The van der Waals surface area contributed by atoms with Gasteiger partial charge < -0.3 is 14.6 Å². The zero-order chi connectivity index (χ0) is 29.6. The maximum Gasteiger partial charge on any atom is 0.123 e. The van der Waals surface area contributed by atoms with E-state index in [9.17, 15) is 5.11 Å². The number of phenols is 1. The Balaban J connectivity index is 1.89. The molecule has 3 nitrogen and oxygen atoms in total. The van der Waals surface area contributed by atoms with Crippen molar-refractivity contribution in [3.05, 3.63) is 87.0 Å². The van der Waals surface area contributed by atoms with E-state index in [1.807, 2.05) is 6.07 Å². The van der Waals surface area contributed by atoms with Crippen LogP contribution in [0.4, 0.5) is 0 Å². The van der Waals surface area contributed by atoms with Crippen molar-refractivity contribution in [1.82, 2.24) is 0 Å². The third-order valence-corrected chi connectivity index (χ3v) is 8.01. The monoisotopic (exact) mass is 558 g/mol. The van der Waals surface area contributed by atoms with Gasteiger partial charge in [-0.15, -0.1) is 0 Å². The highest BCUT2D eigenvalue weighted by Crippen LogP contribution is 2.33. The Morgan fingerprint density at radius 1 is 0.439 bits per heavy atom. The average molecular weight is 559 g/mol. The molecular formula is C38H54O3. The molecule has 3 rings (SSSR count). The molecule has 41 heavy (non-hydrogen) atoms. The molecule has 0 unspecified atom stereocenters. The number of hydrogen-bond acceptors (Lipinski definition) is 3. The predicted octanol–water partition coefficient (Wildman–Crippen LogP) is 10.3. The van der Waals surface area contributed by atoms with Crippen molar-refractivity contribution in [2.45, 2.75) is 132 Å². The van der Waals surface area contributed by atoms with Crippen LogP contribution in [0.15, 0.2) is 42.5 Å². The molecule has 0 radical (unpaired) electrons. The van der Waals surface area contributed by atoms with Crippen LogP contribution in [0, 0.1) is 0 Å². The van der Waals surface area contributed by atoms with E-state index >= 15 is 0 Å². The molecule has 0 atom stereocenters. The number of ether oxygens (including phenoxy) is 2.